The number of hydrogen-bond donors (Lipinski definition) is 2. The summed E-state index contributed by atoms with van der Waals surface area (Å²) in [5.41, 5.74) is 2.18. The molecule has 0 radical (unpaired) electrons. The maximum Gasteiger partial charge on any atom is 0.373 e. The average Bonchev–Trinajstić information content (AvgIpc) is 3.26. The van der Waals surface area contributed by atoms with E-state index in [-0.39, 0.29) is 18.3 Å². The first kappa shape index (κ1) is 19.4. The van der Waals surface area contributed by atoms with Crippen molar-refractivity contribution in [2.24, 2.45) is 0 Å². The largest absolute Gasteiger partial charge is 0.493 e. The van der Waals surface area contributed by atoms with Gasteiger partial charge in [0.05, 0.1) is 19.8 Å². The molecule has 1 aromatic heterocycles. The van der Waals surface area contributed by atoms with Crippen LogP contribution in [0.25, 0.3) is 0 Å². The van der Waals surface area contributed by atoms with E-state index < -0.39 is 12.1 Å². The zero-order chi connectivity index (χ0) is 21.1. The van der Waals surface area contributed by atoms with Gasteiger partial charge >= 0.3 is 5.97 Å². The number of rotatable bonds is 6. The Morgan fingerprint density at radius 1 is 1.03 bits per heavy atom. The molecule has 0 fully saturated rings. The number of fused-ring (bicyclic) bond motifs is 1. The van der Waals surface area contributed by atoms with Gasteiger partial charge in [0.2, 0.25) is 5.76 Å². The second-order valence-electron chi connectivity index (χ2n) is 6.55. The minimum atomic E-state index is -0.549. The van der Waals surface area contributed by atoms with Crippen LogP contribution >= 0.6 is 0 Å². The van der Waals surface area contributed by atoms with Crippen molar-refractivity contribution in [1.29, 1.82) is 0 Å². The van der Waals surface area contributed by atoms with E-state index in [2.05, 4.69) is 15.4 Å². The number of benzene rings is 2. The lowest BCUT2D eigenvalue weighted by Crippen LogP contribution is -2.38. The van der Waals surface area contributed by atoms with Crippen molar-refractivity contribution in [2.45, 2.75) is 12.8 Å². The van der Waals surface area contributed by atoms with E-state index in [0.29, 0.717) is 22.8 Å². The van der Waals surface area contributed by atoms with Crippen LogP contribution in [0.15, 0.2) is 59.0 Å². The first-order chi connectivity index (χ1) is 14.6. The molecule has 0 aliphatic carbocycles. The Bertz CT molecular complexity index is 1090. The standard InChI is InChI=1S/C22H20N2O6/c1-27-19-11-13(20-23-16-6-4-3-5-15(16)21(25)24-20)7-9-17(19)29-12-14-8-10-18(30-14)22(26)28-2/h3-11,20,23H,12H2,1-2H3,(H,24,25)/t20-/m1/s1. The maximum atomic E-state index is 12.4. The van der Waals surface area contributed by atoms with Gasteiger partial charge in [0.15, 0.2) is 11.5 Å². The highest BCUT2D eigenvalue weighted by atomic mass is 16.5. The minimum absolute atomic E-state index is 0.109. The van der Waals surface area contributed by atoms with Crippen molar-refractivity contribution < 1.29 is 28.2 Å². The van der Waals surface area contributed by atoms with Gasteiger partial charge < -0.3 is 29.3 Å². The molecular weight excluding hydrogens is 388 g/mol. The topological polar surface area (TPSA) is 99.0 Å². The van der Waals surface area contributed by atoms with Crippen molar-refractivity contribution in [3.05, 3.63) is 77.2 Å². The van der Waals surface area contributed by atoms with Gasteiger partial charge in [0.25, 0.3) is 5.91 Å². The van der Waals surface area contributed by atoms with Crippen LogP contribution in [0, 0.1) is 0 Å². The molecule has 2 aromatic carbocycles. The van der Waals surface area contributed by atoms with Crippen molar-refractivity contribution in [1.82, 2.24) is 5.32 Å². The van der Waals surface area contributed by atoms with E-state index in [1.165, 1.54) is 20.3 Å². The third-order valence-electron chi connectivity index (χ3n) is 4.69. The molecule has 30 heavy (non-hydrogen) atoms. The molecule has 1 aliphatic rings. The molecule has 0 saturated carbocycles. The summed E-state index contributed by atoms with van der Waals surface area (Å²) >= 11 is 0. The Labute approximate surface area is 172 Å². The van der Waals surface area contributed by atoms with Crippen molar-refractivity contribution in [3.63, 3.8) is 0 Å². The Kier molecular flexibility index (Phi) is 5.30. The van der Waals surface area contributed by atoms with Crippen LogP contribution in [0.2, 0.25) is 0 Å². The number of anilines is 1. The summed E-state index contributed by atoms with van der Waals surface area (Å²) in [5, 5.41) is 6.24. The molecule has 8 heteroatoms. The van der Waals surface area contributed by atoms with Gasteiger partial charge in [-0.2, -0.15) is 0 Å². The third-order valence-corrected chi connectivity index (χ3v) is 4.69. The highest BCUT2D eigenvalue weighted by Crippen LogP contribution is 2.33. The van der Waals surface area contributed by atoms with Crippen LogP contribution in [0.4, 0.5) is 5.69 Å². The number of methoxy groups -OCH3 is 2. The van der Waals surface area contributed by atoms with Crippen LogP contribution in [-0.4, -0.2) is 26.1 Å². The zero-order valence-corrected chi connectivity index (χ0v) is 16.4. The summed E-state index contributed by atoms with van der Waals surface area (Å²) in [6.07, 6.45) is -0.400. The summed E-state index contributed by atoms with van der Waals surface area (Å²) in [6.45, 7) is 0.110. The number of furan rings is 1. The second kappa shape index (κ2) is 8.20. The number of amides is 1. The summed E-state index contributed by atoms with van der Waals surface area (Å²) in [4.78, 5) is 23.8. The predicted octanol–water partition coefficient (Wildman–Crippen LogP) is 3.51. The number of carbonyl (C=O) groups excluding carboxylic acids is 2. The Balaban J connectivity index is 1.49. The highest BCUT2D eigenvalue weighted by molar-refractivity contribution is 6.01. The molecule has 0 bridgehead atoms. The fourth-order valence-corrected chi connectivity index (χ4v) is 3.17. The molecule has 1 amide bonds. The average molecular weight is 408 g/mol. The number of nitrogens with one attached hydrogen (secondary N) is 2. The SMILES string of the molecule is COC(=O)c1ccc(COc2ccc([C@H]3NC(=O)c4ccccc4N3)cc2OC)o1. The lowest BCUT2D eigenvalue weighted by molar-refractivity contribution is 0.0560. The Morgan fingerprint density at radius 3 is 2.67 bits per heavy atom. The third kappa shape index (κ3) is 3.80. The monoisotopic (exact) mass is 408 g/mol. The van der Waals surface area contributed by atoms with Gasteiger partial charge in [-0.05, 0) is 42.0 Å². The second-order valence-corrected chi connectivity index (χ2v) is 6.55. The zero-order valence-electron chi connectivity index (χ0n) is 16.4. The van der Waals surface area contributed by atoms with Crippen LogP contribution in [0.1, 0.15) is 38.4 Å². The molecule has 3 aromatic rings. The van der Waals surface area contributed by atoms with E-state index in [0.717, 1.165) is 11.3 Å². The number of ether oxygens (including phenoxy) is 3. The summed E-state index contributed by atoms with van der Waals surface area (Å²) in [7, 11) is 2.83. The fraction of sp³-hybridized carbons (Fsp3) is 0.182. The van der Waals surface area contributed by atoms with Gasteiger partial charge in [0, 0.05) is 5.69 Å². The molecule has 0 unspecified atom stereocenters. The fourth-order valence-electron chi connectivity index (χ4n) is 3.17. The molecular formula is C22H20N2O6. The number of carbonyl (C=O) groups is 2. The molecule has 4 rings (SSSR count). The molecule has 2 N–H and O–H groups in total. The number of para-hydroxylation sites is 1. The smallest absolute Gasteiger partial charge is 0.373 e. The van der Waals surface area contributed by atoms with E-state index in [1.807, 2.05) is 24.3 Å². The van der Waals surface area contributed by atoms with Gasteiger partial charge in [-0.25, -0.2) is 4.79 Å². The van der Waals surface area contributed by atoms with E-state index in [9.17, 15) is 9.59 Å². The number of hydrogen-bond acceptors (Lipinski definition) is 7. The molecule has 8 nitrogen and oxygen atoms in total. The first-order valence-corrected chi connectivity index (χ1v) is 9.23. The van der Waals surface area contributed by atoms with Crippen molar-refractivity contribution >= 4 is 17.6 Å². The Morgan fingerprint density at radius 2 is 1.87 bits per heavy atom. The van der Waals surface area contributed by atoms with Crippen LogP contribution < -0.4 is 20.1 Å². The van der Waals surface area contributed by atoms with E-state index in [4.69, 9.17) is 13.9 Å². The van der Waals surface area contributed by atoms with Crippen molar-refractivity contribution in [3.8, 4) is 11.5 Å². The van der Waals surface area contributed by atoms with E-state index in [1.54, 1.807) is 24.3 Å². The normalized spacial score (nSPS) is 14.9. The molecule has 0 spiro atoms. The minimum Gasteiger partial charge on any atom is -0.493 e. The van der Waals surface area contributed by atoms with Gasteiger partial charge in [-0.3, -0.25) is 4.79 Å². The van der Waals surface area contributed by atoms with Crippen LogP contribution in [0.5, 0.6) is 11.5 Å². The van der Waals surface area contributed by atoms with E-state index >= 15 is 0 Å². The van der Waals surface area contributed by atoms with Crippen LogP contribution in [0.3, 0.4) is 0 Å². The van der Waals surface area contributed by atoms with Gasteiger partial charge in [-0.15, -0.1) is 0 Å². The predicted molar refractivity (Wildman–Crippen MR) is 108 cm³/mol. The summed E-state index contributed by atoms with van der Waals surface area (Å²) < 4.78 is 21.3. The number of esters is 1. The summed E-state index contributed by atoms with van der Waals surface area (Å²) in [6, 6.07) is 15.9. The molecule has 1 aliphatic heterocycles. The molecule has 0 saturated heterocycles. The lowest BCUT2D eigenvalue weighted by atomic mass is 10.1. The van der Waals surface area contributed by atoms with Gasteiger partial charge in [-0.1, -0.05) is 18.2 Å². The van der Waals surface area contributed by atoms with Crippen LogP contribution in [-0.2, 0) is 11.3 Å². The molecule has 154 valence electrons. The first-order valence-electron chi connectivity index (χ1n) is 9.23. The maximum absolute atomic E-state index is 12.4. The molecule has 2 heterocycles. The summed E-state index contributed by atoms with van der Waals surface area (Å²) in [5.74, 6) is 0.888. The molecule has 1 atom stereocenters. The Hall–Kier alpha value is -3.94. The highest BCUT2D eigenvalue weighted by Gasteiger charge is 2.25. The quantitative estimate of drug-likeness (QED) is 0.602. The lowest BCUT2D eigenvalue weighted by Gasteiger charge is -2.28. The van der Waals surface area contributed by atoms with Crippen molar-refractivity contribution in [2.75, 3.05) is 19.5 Å². The van der Waals surface area contributed by atoms with Gasteiger partial charge in [0.1, 0.15) is 18.5 Å².